The molecule has 0 aliphatic carbocycles. The third-order valence-corrected chi connectivity index (χ3v) is 4.80. The second-order valence-corrected chi connectivity index (χ2v) is 6.52. The molecule has 0 spiro atoms. The van der Waals surface area contributed by atoms with Crippen LogP contribution in [0.1, 0.15) is 19.3 Å². The summed E-state index contributed by atoms with van der Waals surface area (Å²) >= 11 is 0. The van der Waals surface area contributed by atoms with Gasteiger partial charge < -0.3 is 9.84 Å². The Bertz CT molecular complexity index is 399. The number of carboxylic acids is 1. The van der Waals surface area contributed by atoms with Gasteiger partial charge in [-0.25, -0.2) is 8.42 Å². The summed E-state index contributed by atoms with van der Waals surface area (Å²) in [5.74, 6) is -2.97. The largest absolute Gasteiger partial charge is 0.481 e. The minimum Gasteiger partial charge on any atom is -0.481 e. The van der Waals surface area contributed by atoms with Gasteiger partial charge in [0.15, 0.2) is 0 Å². The Kier molecular flexibility index (Phi) is 4.50. The molecule has 0 amide bonds. The van der Waals surface area contributed by atoms with Crippen LogP contribution in [0.5, 0.6) is 0 Å². The van der Waals surface area contributed by atoms with E-state index in [1.807, 2.05) is 0 Å². The predicted molar refractivity (Wildman–Crippen MR) is 59.1 cm³/mol. The Morgan fingerprint density at radius 3 is 2.41 bits per heavy atom. The molecule has 0 radical (unpaired) electrons. The lowest BCUT2D eigenvalue weighted by Crippen LogP contribution is -2.26. The molecule has 0 aromatic carbocycles. The van der Waals surface area contributed by atoms with Gasteiger partial charge in [0.2, 0.25) is 0 Å². The molecule has 1 aliphatic rings. The second-order valence-electron chi connectivity index (χ2n) is 4.21. The quantitative estimate of drug-likeness (QED) is 0.725. The van der Waals surface area contributed by atoms with Crippen LogP contribution in [0, 0.1) is 11.8 Å². The van der Waals surface area contributed by atoms with E-state index in [0.29, 0.717) is 0 Å². The summed E-state index contributed by atoms with van der Waals surface area (Å²) < 4.78 is 27.4. The van der Waals surface area contributed by atoms with Crippen molar-refractivity contribution in [1.29, 1.82) is 0 Å². The highest BCUT2D eigenvalue weighted by atomic mass is 32.2. The van der Waals surface area contributed by atoms with Crippen LogP contribution in [-0.2, 0) is 24.2 Å². The summed E-state index contributed by atoms with van der Waals surface area (Å²) in [6.07, 6.45) is 0.233. The number of sulfone groups is 1. The number of hydrogen-bond donors (Lipinski definition) is 1. The fourth-order valence-corrected chi connectivity index (χ4v) is 3.52. The number of carbonyl (C=O) groups is 2. The predicted octanol–water partition coefficient (Wildman–Crippen LogP) is 0.0751. The summed E-state index contributed by atoms with van der Waals surface area (Å²) in [5, 5.41) is 9.04. The lowest BCUT2D eigenvalue weighted by atomic mass is 9.85. The summed E-state index contributed by atoms with van der Waals surface area (Å²) in [5.41, 5.74) is 0. The van der Waals surface area contributed by atoms with E-state index in [9.17, 15) is 18.0 Å². The first kappa shape index (κ1) is 14.0. The molecule has 2 unspecified atom stereocenters. The maximum atomic E-state index is 11.4. The Morgan fingerprint density at radius 2 is 1.88 bits per heavy atom. The molecular weight excluding hydrogens is 248 g/mol. The van der Waals surface area contributed by atoms with Gasteiger partial charge in [-0.2, -0.15) is 0 Å². The highest BCUT2D eigenvalue weighted by molar-refractivity contribution is 7.91. The molecular formula is C10H16O6S. The van der Waals surface area contributed by atoms with E-state index in [4.69, 9.17) is 5.11 Å². The fraction of sp³-hybridized carbons (Fsp3) is 0.800. The molecule has 2 atom stereocenters. The van der Waals surface area contributed by atoms with Crippen molar-refractivity contribution in [2.45, 2.75) is 19.3 Å². The molecule has 1 N–H and O–H groups in total. The number of hydrogen-bond acceptors (Lipinski definition) is 5. The minimum atomic E-state index is -3.18. The highest BCUT2D eigenvalue weighted by Gasteiger charge is 2.35. The average Bonchev–Trinajstić information content (AvgIpc) is 2.38. The molecule has 1 fully saturated rings. The molecule has 0 bridgehead atoms. The third-order valence-electron chi connectivity index (χ3n) is 3.08. The minimum absolute atomic E-state index is 0.0387. The Hall–Kier alpha value is -1.11. The Labute approximate surface area is 99.9 Å². The molecule has 0 aromatic rings. The zero-order valence-corrected chi connectivity index (χ0v) is 10.4. The molecule has 98 valence electrons. The van der Waals surface area contributed by atoms with Gasteiger partial charge in [0.05, 0.1) is 24.5 Å². The number of aliphatic carboxylic acids is 1. The number of carbonyl (C=O) groups excluding carboxylic acids is 1. The monoisotopic (exact) mass is 264 g/mol. The molecule has 1 heterocycles. The maximum Gasteiger partial charge on any atom is 0.306 e. The Morgan fingerprint density at radius 1 is 1.29 bits per heavy atom. The van der Waals surface area contributed by atoms with Gasteiger partial charge in [0, 0.05) is 6.42 Å². The summed E-state index contributed by atoms with van der Waals surface area (Å²) in [7, 11) is -1.95. The van der Waals surface area contributed by atoms with Crippen molar-refractivity contribution in [2.75, 3.05) is 18.6 Å². The van der Waals surface area contributed by atoms with Crippen LogP contribution in [0.25, 0.3) is 0 Å². The van der Waals surface area contributed by atoms with Gasteiger partial charge in [0.25, 0.3) is 0 Å². The summed E-state index contributed by atoms with van der Waals surface area (Å²) in [6, 6.07) is 0. The van der Waals surface area contributed by atoms with Gasteiger partial charge in [-0.1, -0.05) is 0 Å². The van der Waals surface area contributed by atoms with E-state index in [-0.39, 0.29) is 30.8 Å². The number of carboxylic acid groups (broad SMARTS) is 1. The molecule has 17 heavy (non-hydrogen) atoms. The molecule has 7 heteroatoms. The van der Waals surface area contributed by atoms with Crippen molar-refractivity contribution in [3.63, 3.8) is 0 Å². The topological polar surface area (TPSA) is 97.7 Å². The van der Waals surface area contributed by atoms with Crippen LogP contribution in [0.4, 0.5) is 0 Å². The van der Waals surface area contributed by atoms with Gasteiger partial charge in [-0.05, 0) is 18.8 Å². The molecule has 1 saturated heterocycles. The lowest BCUT2D eigenvalue weighted by molar-refractivity contribution is -0.146. The van der Waals surface area contributed by atoms with E-state index >= 15 is 0 Å². The molecule has 6 nitrogen and oxygen atoms in total. The maximum absolute atomic E-state index is 11.4. The van der Waals surface area contributed by atoms with Crippen LogP contribution < -0.4 is 0 Å². The third kappa shape index (κ3) is 3.99. The van der Waals surface area contributed by atoms with E-state index in [1.165, 1.54) is 7.11 Å². The van der Waals surface area contributed by atoms with Crippen molar-refractivity contribution in [1.82, 2.24) is 0 Å². The fourth-order valence-electron chi connectivity index (χ4n) is 2.04. The van der Waals surface area contributed by atoms with Crippen LogP contribution in [0.3, 0.4) is 0 Å². The van der Waals surface area contributed by atoms with Gasteiger partial charge in [0.1, 0.15) is 9.84 Å². The van der Waals surface area contributed by atoms with Crippen LogP contribution in [0.2, 0.25) is 0 Å². The van der Waals surface area contributed by atoms with Gasteiger partial charge >= 0.3 is 11.9 Å². The lowest BCUT2D eigenvalue weighted by Gasteiger charge is -2.19. The van der Waals surface area contributed by atoms with Crippen molar-refractivity contribution in [3.8, 4) is 0 Å². The second kappa shape index (κ2) is 5.48. The van der Waals surface area contributed by atoms with Crippen molar-refractivity contribution in [3.05, 3.63) is 0 Å². The van der Waals surface area contributed by atoms with Gasteiger partial charge in [-0.15, -0.1) is 0 Å². The standard InChI is InChI=1S/C10H16O6S/c1-16-9(11)6-7-2-4-17(14,15)5-3-8(7)10(12)13/h7-8H,2-6H2,1H3,(H,12,13). The number of esters is 1. The van der Waals surface area contributed by atoms with Gasteiger partial charge in [-0.3, -0.25) is 9.59 Å². The van der Waals surface area contributed by atoms with E-state index in [0.717, 1.165) is 0 Å². The van der Waals surface area contributed by atoms with Crippen molar-refractivity contribution < 1.29 is 27.9 Å². The normalized spacial score (nSPS) is 28.1. The molecule has 0 aromatic heterocycles. The smallest absolute Gasteiger partial charge is 0.306 e. The number of methoxy groups -OCH3 is 1. The first-order chi connectivity index (χ1) is 7.85. The zero-order valence-electron chi connectivity index (χ0n) is 9.59. The number of rotatable bonds is 3. The first-order valence-electron chi connectivity index (χ1n) is 5.36. The van der Waals surface area contributed by atoms with Crippen molar-refractivity contribution in [2.24, 2.45) is 11.8 Å². The van der Waals surface area contributed by atoms with E-state index in [2.05, 4.69) is 4.74 Å². The molecule has 0 saturated carbocycles. The van der Waals surface area contributed by atoms with Crippen LogP contribution in [-0.4, -0.2) is 44.1 Å². The SMILES string of the molecule is COC(=O)CC1CCS(=O)(=O)CCC1C(=O)O. The zero-order chi connectivity index (χ0) is 13.1. The Balaban J connectivity index is 2.82. The summed E-state index contributed by atoms with van der Waals surface area (Å²) in [6.45, 7) is 0. The van der Waals surface area contributed by atoms with E-state index < -0.39 is 33.6 Å². The summed E-state index contributed by atoms with van der Waals surface area (Å²) in [4.78, 5) is 22.2. The molecule has 1 rings (SSSR count). The van der Waals surface area contributed by atoms with Crippen molar-refractivity contribution >= 4 is 21.8 Å². The highest BCUT2D eigenvalue weighted by Crippen LogP contribution is 2.28. The van der Waals surface area contributed by atoms with Crippen LogP contribution >= 0.6 is 0 Å². The first-order valence-corrected chi connectivity index (χ1v) is 7.18. The molecule has 1 aliphatic heterocycles. The average molecular weight is 264 g/mol. The van der Waals surface area contributed by atoms with Crippen LogP contribution in [0.15, 0.2) is 0 Å². The van der Waals surface area contributed by atoms with E-state index in [1.54, 1.807) is 0 Å². The number of ether oxygens (including phenoxy) is 1.